The Labute approximate surface area is 83.4 Å². The molecule has 0 radical (unpaired) electrons. The molecule has 0 aliphatic rings. The molecule has 4 heteroatoms. The van der Waals surface area contributed by atoms with E-state index in [9.17, 15) is 8.76 Å². The maximum atomic E-state index is 11.6. The maximum absolute atomic E-state index is 11.6. The second-order valence-corrected chi connectivity index (χ2v) is 4.85. The molecule has 0 amide bonds. The number of benzene rings is 1. The summed E-state index contributed by atoms with van der Waals surface area (Å²) in [6.45, 7) is 0. The Morgan fingerprint density at radius 3 is 2.54 bits per heavy atom. The fourth-order valence-corrected chi connectivity index (χ4v) is 2.33. The molecule has 1 aromatic rings. The highest BCUT2D eigenvalue weighted by atomic mass is 35.5. The molecule has 0 saturated heterocycles. The molecule has 13 heavy (non-hydrogen) atoms. The third-order valence-corrected chi connectivity index (χ3v) is 3.39. The van der Waals surface area contributed by atoms with Gasteiger partial charge in [-0.15, -0.1) is 11.6 Å². The highest BCUT2D eigenvalue weighted by Gasteiger charge is 2.03. The minimum atomic E-state index is -2.98. The zero-order valence-corrected chi connectivity index (χ0v) is 8.59. The summed E-state index contributed by atoms with van der Waals surface area (Å²) in [5.74, 6) is 0.365. The average molecular weight is 219 g/mol. The number of halogens is 1. The minimum absolute atomic E-state index is 0.365. The van der Waals surface area contributed by atoms with E-state index in [2.05, 4.69) is 0 Å². The molecule has 0 aliphatic carbocycles. The van der Waals surface area contributed by atoms with Crippen LogP contribution in [-0.2, 0) is 9.80 Å². The highest BCUT2D eigenvalue weighted by molar-refractivity contribution is 7.96. The van der Waals surface area contributed by atoms with Crippen molar-refractivity contribution >= 4 is 26.8 Å². The molecular weight excluding hydrogens is 208 g/mol. The first-order valence-electron chi connectivity index (χ1n) is 3.88. The number of hydrogen-bond acceptors (Lipinski definition) is 1. The first-order valence-corrected chi connectivity index (χ1v) is 5.99. The summed E-state index contributed by atoms with van der Waals surface area (Å²) in [6, 6.07) is 8.54. The molecule has 0 aromatic heterocycles. The van der Waals surface area contributed by atoms with Crippen LogP contribution in [0.25, 0.3) is 0 Å². The van der Waals surface area contributed by atoms with E-state index in [1.165, 1.54) is 5.37 Å². The molecule has 0 heterocycles. The zero-order chi connectivity index (χ0) is 9.73. The summed E-state index contributed by atoms with van der Waals surface area (Å²) < 4.78 is 21.1. The predicted octanol–water partition coefficient (Wildman–Crippen LogP) is 2.23. The lowest BCUT2D eigenvalue weighted by Crippen LogP contribution is -2.02. The van der Waals surface area contributed by atoms with Crippen molar-refractivity contribution in [3.63, 3.8) is 0 Å². The van der Waals surface area contributed by atoms with Gasteiger partial charge in [-0.1, -0.05) is 18.2 Å². The van der Waals surface area contributed by atoms with Crippen LogP contribution in [0.1, 0.15) is 6.42 Å². The van der Waals surface area contributed by atoms with Crippen LogP contribution in [-0.4, -0.2) is 20.0 Å². The van der Waals surface area contributed by atoms with Gasteiger partial charge in [0.05, 0.1) is 4.90 Å². The van der Waals surface area contributed by atoms with Crippen molar-refractivity contribution in [3.05, 3.63) is 30.3 Å². The Hall–Kier alpha value is -0.510. The lowest BCUT2D eigenvalue weighted by Gasteiger charge is -2.02. The number of hydrogen-bond donors (Lipinski definition) is 1. The van der Waals surface area contributed by atoms with Gasteiger partial charge in [-0.25, -0.2) is 4.21 Å². The van der Waals surface area contributed by atoms with Gasteiger partial charge in [-0.2, -0.15) is 0 Å². The fourth-order valence-electron chi connectivity index (χ4n) is 0.916. The molecule has 1 aromatic carbocycles. The highest BCUT2D eigenvalue weighted by Crippen LogP contribution is 2.07. The maximum Gasteiger partial charge on any atom is 0.107 e. The van der Waals surface area contributed by atoms with Crippen LogP contribution >= 0.6 is 11.6 Å². The van der Waals surface area contributed by atoms with Crippen LogP contribution in [0.5, 0.6) is 0 Å². The Bertz CT molecular complexity index is 366. The Kier molecular flexibility index (Phi) is 3.78. The van der Waals surface area contributed by atoms with Crippen molar-refractivity contribution in [2.24, 2.45) is 0 Å². The Morgan fingerprint density at radius 2 is 2.00 bits per heavy atom. The average Bonchev–Trinajstić information content (AvgIpc) is 2.16. The molecule has 0 bridgehead atoms. The van der Waals surface area contributed by atoms with Crippen molar-refractivity contribution in [2.75, 3.05) is 5.88 Å². The van der Waals surface area contributed by atoms with E-state index >= 15 is 0 Å². The lowest BCUT2D eigenvalue weighted by atomic mass is 10.4. The van der Waals surface area contributed by atoms with Crippen LogP contribution < -0.4 is 0 Å². The monoisotopic (exact) mass is 218 g/mol. The largest absolute Gasteiger partial charge is 0.310 e. The lowest BCUT2D eigenvalue weighted by molar-refractivity contribution is 0.559. The Morgan fingerprint density at radius 1 is 1.38 bits per heavy atom. The van der Waals surface area contributed by atoms with E-state index in [4.69, 9.17) is 11.6 Å². The second kappa shape index (κ2) is 4.65. The van der Waals surface area contributed by atoms with Crippen molar-refractivity contribution in [1.82, 2.24) is 0 Å². The van der Waals surface area contributed by atoms with Gasteiger partial charge in [-0.3, -0.25) is 0 Å². The van der Waals surface area contributed by atoms with E-state index in [-0.39, 0.29) is 0 Å². The molecule has 0 saturated carbocycles. The van der Waals surface area contributed by atoms with E-state index in [1.54, 1.807) is 30.3 Å². The van der Waals surface area contributed by atoms with Crippen molar-refractivity contribution in [3.8, 4) is 0 Å². The van der Waals surface area contributed by atoms with Crippen LogP contribution in [0.2, 0.25) is 0 Å². The minimum Gasteiger partial charge on any atom is -0.310 e. The Balaban J connectivity index is 3.01. The van der Waals surface area contributed by atoms with Crippen molar-refractivity contribution < 1.29 is 8.76 Å². The first kappa shape index (κ1) is 10.6. The van der Waals surface area contributed by atoms with E-state index in [1.807, 2.05) is 0 Å². The van der Waals surface area contributed by atoms with Gasteiger partial charge >= 0.3 is 0 Å². The quantitative estimate of drug-likeness (QED) is 0.624. The molecule has 0 fully saturated rings. The van der Waals surface area contributed by atoms with Crippen LogP contribution in [0.4, 0.5) is 0 Å². The summed E-state index contributed by atoms with van der Waals surface area (Å²) >= 11 is 5.43. The molecule has 1 rings (SSSR count). The van der Waals surface area contributed by atoms with Gasteiger partial charge in [0.1, 0.15) is 9.80 Å². The number of rotatable bonds is 3. The van der Waals surface area contributed by atoms with E-state index in [0.29, 0.717) is 17.2 Å². The smallest absolute Gasteiger partial charge is 0.107 e. The molecular formula is C9H11ClO2S. The molecule has 0 spiro atoms. The third kappa shape index (κ3) is 3.03. The molecule has 72 valence electrons. The number of alkyl halides is 1. The van der Waals surface area contributed by atoms with E-state index < -0.39 is 9.80 Å². The predicted molar refractivity (Wildman–Crippen MR) is 56.9 cm³/mol. The van der Waals surface area contributed by atoms with Gasteiger partial charge in [0, 0.05) is 5.88 Å². The van der Waals surface area contributed by atoms with Crippen LogP contribution in [0.15, 0.2) is 35.2 Å². The standard InChI is InChI=1S/C9H11ClO2S/c10-7-4-8-13(11,12)9-5-2-1-3-6-9/h1-3,5-6,8H,4,7H2,(H,11,12). The second-order valence-electron chi connectivity index (χ2n) is 2.53. The molecule has 0 aliphatic heterocycles. The van der Waals surface area contributed by atoms with Gasteiger partial charge in [-0.05, 0) is 23.9 Å². The summed E-state index contributed by atoms with van der Waals surface area (Å²) in [6.07, 6.45) is 0.436. The van der Waals surface area contributed by atoms with Crippen LogP contribution in [0, 0.1) is 0 Å². The summed E-state index contributed by atoms with van der Waals surface area (Å²) in [7, 11) is -2.98. The normalized spacial score (nSPS) is 14.9. The SMILES string of the molecule is O=S(O)(=CCCCl)c1ccccc1. The van der Waals surface area contributed by atoms with Gasteiger partial charge in [0.2, 0.25) is 0 Å². The van der Waals surface area contributed by atoms with Crippen molar-refractivity contribution in [1.29, 1.82) is 0 Å². The molecule has 1 N–H and O–H groups in total. The fraction of sp³-hybridized carbons (Fsp3) is 0.222. The van der Waals surface area contributed by atoms with Gasteiger partial charge in [0.15, 0.2) is 0 Å². The molecule has 1 atom stereocenters. The first-order chi connectivity index (χ1) is 6.17. The van der Waals surface area contributed by atoms with Crippen LogP contribution in [0.3, 0.4) is 0 Å². The third-order valence-electron chi connectivity index (χ3n) is 1.53. The molecule has 1 unspecified atom stereocenters. The summed E-state index contributed by atoms with van der Waals surface area (Å²) in [5, 5.41) is 1.36. The van der Waals surface area contributed by atoms with Gasteiger partial charge in [0.25, 0.3) is 0 Å². The van der Waals surface area contributed by atoms with E-state index in [0.717, 1.165) is 0 Å². The summed E-state index contributed by atoms with van der Waals surface area (Å²) in [5.41, 5.74) is 0. The zero-order valence-electron chi connectivity index (χ0n) is 7.02. The topological polar surface area (TPSA) is 37.3 Å². The van der Waals surface area contributed by atoms with Gasteiger partial charge < -0.3 is 4.55 Å². The summed E-state index contributed by atoms with van der Waals surface area (Å²) in [4.78, 5) is 0.431. The molecule has 2 nitrogen and oxygen atoms in total. The van der Waals surface area contributed by atoms with Crippen molar-refractivity contribution in [2.45, 2.75) is 11.3 Å².